The number of nitrogens with one attached hydrogen (secondary N) is 2. The van der Waals surface area contributed by atoms with Crippen LogP contribution in [0.2, 0.25) is 0 Å². The Morgan fingerprint density at radius 3 is 2.52 bits per heavy atom. The Kier molecular flexibility index (Phi) is 6.16. The molecule has 0 aromatic heterocycles. The summed E-state index contributed by atoms with van der Waals surface area (Å²) in [6, 6.07) is 7.20. The maximum absolute atomic E-state index is 13.1. The molecule has 2 amide bonds. The summed E-state index contributed by atoms with van der Waals surface area (Å²) in [5.74, 6) is 0. The highest BCUT2D eigenvalue weighted by molar-refractivity contribution is 5.91. The fourth-order valence-electron chi connectivity index (χ4n) is 5.93. The van der Waals surface area contributed by atoms with Crippen LogP contribution in [0.3, 0.4) is 0 Å². The highest BCUT2D eigenvalue weighted by Gasteiger charge is 2.44. The first kappa shape index (κ1) is 20.7. The van der Waals surface area contributed by atoms with Gasteiger partial charge in [0.15, 0.2) is 0 Å². The number of amides is 2. The van der Waals surface area contributed by atoms with Crippen molar-refractivity contribution in [3.8, 4) is 0 Å². The molecule has 2 aliphatic heterocycles. The molecule has 2 N–H and O–H groups in total. The molecule has 3 fully saturated rings. The van der Waals surface area contributed by atoms with Gasteiger partial charge in [-0.05, 0) is 64.1 Å². The van der Waals surface area contributed by atoms with Crippen LogP contribution in [0.4, 0.5) is 10.5 Å². The minimum atomic E-state index is -0.125. The minimum Gasteiger partial charge on any atom is -0.331 e. The smallest absolute Gasteiger partial charge is 0.319 e. The Labute approximate surface area is 176 Å². The van der Waals surface area contributed by atoms with Gasteiger partial charge in [-0.2, -0.15) is 0 Å². The molecule has 2 atom stereocenters. The molecule has 2 heterocycles. The molecule has 1 aliphatic carbocycles. The Morgan fingerprint density at radius 1 is 1.07 bits per heavy atom. The lowest BCUT2D eigenvalue weighted by atomic mass is 9.76. The zero-order valence-corrected chi connectivity index (χ0v) is 18.5. The Balaban J connectivity index is 1.48. The van der Waals surface area contributed by atoms with Crippen LogP contribution in [0.15, 0.2) is 18.2 Å². The van der Waals surface area contributed by atoms with Crippen molar-refractivity contribution in [3.63, 3.8) is 0 Å². The Bertz CT molecular complexity index is 707. The van der Waals surface area contributed by atoms with Crippen LogP contribution in [0.25, 0.3) is 0 Å². The van der Waals surface area contributed by atoms with Gasteiger partial charge in [0.25, 0.3) is 0 Å². The van der Waals surface area contributed by atoms with Crippen LogP contribution in [0, 0.1) is 13.8 Å². The largest absolute Gasteiger partial charge is 0.331 e. The van der Waals surface area contributed by atoms with Gasteiger partial charge in [0.2, 0.25) is 0 Å². The van der Waals surface area contributed by atoms with Crippen molar-refractivity contribution < 1.29 is 4.79 Å². The van der Waals surface area contributed by atoms with Crippen LogP contribution in [0.5, 0.6) is 0 Å². The first-order valence-corrected chi connectivity index (χ1v) is 11.6. The van der Waals surface area contributed by atoms with E-state index in [4.69, 9.17) is 0 Å². The molecule has 2 unspecified atom stereocenters. The molecule has 3 aliphatic rings. The van der Waals surface area contributed by atoms with Gasteiger partial charge in [0.1, 0.15) is 0 Å². The van der Waals surface area contributed by atoms with E-state index in [0.29, 0.717) is 6.04 Å². The number of hydrogen-bond donors (Lipinski definition) is 2. The average molecular weight is 399 g/mol. The van der Waals surface area contributed by atoms with Crippen molar-refractivity contribution in [1.82, 2.24) is 15.1 Å². The van der Waals surface area contributed by atoms with Gasteiger partial charge in [0, 0.05) is 37.4 Å². The molecule has 1 aromatic carbocycles. The number of carbonyl (C=O) groups excluding carboxylic acids is 1. The lowest BCUT2D eigenvalue weighted by molar-refractivity contribution is 0.0267. The van der Waals surface area contributed by atoms with Crippen molar-refractivity contribution in [1.29, 1.82) is 0 Å². The van der Waals surface area contributed by atoms with Crippen LogP contribution in [-0.4, -0.2) is 59.6 Å². The van der Waals surface area contributed by atoms with Gasteiger partial charge in [-0.25, -0.2) is 4.79 Å². The molecular weight excluding hydrogens is 360 g/mol. The number of fused-ring (bicyclic) bond motifs is 1. The summed E-state index contributed by atoms with van der Waals surface area (Å²) in [5, 5.41) is 6.66. The molecule has 0 radical (unpaired) electrons. The topological polar surface area (TPSA) is 47.6 Å². The molecule has 0 bridgehead atoms. The predicted molar refractivity (Wildman–Crippen MR) is 120 cm³/mol. The molecule has 160 valence electrons. The van der Waals surface area contributed by atoms with E-state index in [2.05, 4.69) is 53.3 Å². The lowest BCUT2D eigenvalue weighted by Crippen LogP contribution is -2.65. The van der Waals surface area contributed by atoms with E-state index >= 15 is 0 Å². The molecule has 0 spiro atoms. The van der Waals surface area contributed by atoms with Gasteiger partial charge < -0.3 is 10.6 Å². The monoisotopic (exact) mass is 398 g/mol. The SMILES string of the molecule is Cc1cccc(C)c1NC(=O)NC1(C(C)N2CCN3CCCC3C2)CCCCC1. The van der Waals surface area contributed by atoms with E-state index in [0.717, 1.165) is 48.8 Å². The van der Waals surface area contributed by atoms with E-state index in [1.165, 1.54) is 45.2 Å². The summed E-state index contributed by atoms with van der Waals surface area (Å²) in [7, 11) is 0. The molecular formula is C24H38N4O. The molecule has 1 aromatic rings. The molecule has 1 saturated carbocycles. The number of anilines is 1. The maximum atomic E-state index is 13.1. The number of benzene rings is 1. The first-order valence-electron chi connectivity index (χ1n) is 11.6. The van der Waals surface area contributed by atoms with E-state index in [9.17, 15) is 4.79 Å². The third kappa shape index (κ3) is 4.31. The number of rotatable bonds is 4. The average Bonchev–Trinajstić information content (AvgIpc) is 3.19. The molecule has 4 rings (SSSR count). The van der Waals surface area contributed by atoms with Crippen molar-refractivity contribution in [2.45, 2.75) is 83.3 Å². The number of aryl methyl sites for hydroxylation is 2. The second-order valence-corrected chi connectivity index (χ2v) is 9.57. The maximum Gasteiger partial charge on any atom is 0.319 e. The fourth-order valence-corrected chi connectivity index (χ4v) is 5.93. The lowest BCUT2D eigenvalue weighted by Gasteiger charge is -2.50. The van der Waals surface area contributed by atoms with Crippen LogP contribution < -0.4 is 10.6 Å². The molecule has 29 heavy (non-hydrogen) atoms. The standard InChI is InChI=1S/C24H38N4O/c1-18-9-7-10-19(2)22(18)25-23(29)26-24(12-5-4-6-13-24)20(3)28-16-15-27-14-8-11-21(27)17-28/h7,9-10,20-21H,4-6,8,11-17H2,1-3H3,(H2,25,26,29). The van der Waals surface area contributed by atoms with E-state index < -0.39 is 0 Å². The number of para-hydroxylation sites is 1. The number of hydrogen-bond acceptors (Lipinski definition) is 3. The van der Waals surface area contributed by atoms with E-state index in [-0.39, 0.29) is 11.6 Å². The third-order valence-electron chi connectivity index (χ3n) is 7.79. The summed E-state index contributed by atoms with van der Waals surface area (Å²) in [5.41, 5.74) is 3.05. The molecule has 5 nitrogen and oxygen atoms in total. The summed E-state index contributed by atoms with van der Waals surface area (Å²) >= 11 is 0. The van der Waals surface area contributed by atoms with Crippen LogP contribution in [0.1, 0.15) is 63.0 Å². The highest BCUT2D eigenvalue weighted by atomic mass is 16.2. The fraction of sp³-hybridized carbons (Fsp3) is 0.708. The quantitative estimate of drug-likeness (QED) is 0.795. The minimum absolute atomic E-state index is 0.0457. The normalized spacial score (nSPS) is 26.0. The Hall–Kier alpha value is -1.59. The van der Waals surface area contributed by atoms with Crippen molar-refractivity contribution in [3.05, 3.63) is 29.3 Å². The van der Waals surface area contributed by atoms with Crippen molar-refractivity contribution in [2.75, 3.05) is 31.5 Å². The highest BCUT2D eigenvalue weighted by Crippen LogP contribution is 2.35. The van der Waals surface area contributed by atoms with Gasteiger partial charge in [-0.15, -0.1) is 0 Å². The zero-order valence-electron chi connectivity index (χ0n) is 18.5. The molecule has 5 heteroatoms. The van der Waals surface area contributed by atoms with Gasteiger partial charge >= 0.3 is 6.03 Å². The zero-order chi connectivity index (χ0) is 20.4. The van der Waals surface area contributed by atoms with Gasteiger partial charge in [-0.1, -0.05) is 37.5 Å². The predicted octanol–water partition coefficient (Wildman–Crippen LogP) is 4.30. The number of urea groups is 1. The Morgan fingerprint density at radius 2 is 1.79 bits per heavy atom. The first-order chi connectivity index (χ1) is 14.0. The second kappa shape index (κ2) is 8.65. The van der Waals surface area contributed by atoms with Gasteiger partial charge in [-0.3, -0.25) is 9.80 Å². The number of nitrogens with zero attached hydrogens (tertiary/aromatic N) is 2. The van der Waals surface area contributed by atoms with Crippen LogP contribution >= 0.6 is 0 Å². The molecule has 2 saturated heterocycles. The van der Waals surface area contributed by atoms with Crippen molar-refractivity contribution in [2.24, 2.45) is 0 Å². The van der Waals surface area contributed by atoms with E-state index in [1.807, 2.05) is 6.07 Å². The van der Waals surface area contributed by atoms with Gasteiger partial charge in [0.05, 0.1) is 5.54 Å². The number of piperazine rings is 1. The summed E-state index contributed by atoms with van der Waals surface area (Å²) in [6.07, 6.45) is 8.53. The number of carbonyl (C=O) groups is 1. The van der Waals surface area contributed by atoms with E-state index in [1.54, 1.807) is 0 Å². The third-order valence-corrected chi connectivity index (χ3v) is 7.79. The summed E-state index contributed by atoms with van der Waals surface area (Å²) in [4.78, 5) is 18.4. The summed E-state index contributed by atoms with van der Waals surface area (Å²) < 4.78 is 0. The summed E-state index contributed by atoms with van der Waals surface area (Å²) in [6.45, 7) is 11.2. The van der Waals surface area contributed by atoms with Crippen LogP contribution in [-0.2, 0) is 0 Å². The second-order valence-electron chi connectivity index (χ2n) is 9.57. The van der Waals surface area contributed by atoms with Crippen molar-refractivity contribution >= 4 is 11.7 Å².